The number of nitrogens with zero attached hydrogens (tertiary/aromatic N) is 4. The Kier molecular flexibility index (Phi) is 4.86. The summed E-state index contributed by atoms with van der Waals surface area (Å²) in [7, 11) is 3.18. The molecule has 8 nitrogen and oxygen atoms in total. The van der Waals surface area contributed by atoms with Crippen molar-refractivity contribution in [3.63, 3.8) is 0 Å². The van der Waals surface area contributed by atoms with Crippen LogP contribution in [0.4, 0.5) is 14.9 Å². The van der Waals surface area contributed by atoms with E-state index in [0.717, 1.165) is 10.7 Å². The lowest BCUT2D eigenvalue weighted by Crippen LogP contribution is -2.60. The van der Waals surface area contributed by atoms with Crippen LogP contribution in [0, 0.1) is 12.7 Å². The van der Waals surface area contributed by atoms with Gasteiger partial charge in [-0.3, -0.25) is 9.78 Å². The number of amides is 3. The third kappa shape index (κ3) is 3.05. The maximum Gasteiger partial charge on any atom is 0.329 e. The molecule has 1 N–H and O–H groups in total. The van der Waals surface area contributed by atoms with E-state index in [-0.39, 0.29) is 16.7 Å². The van der Waals surface area contributed by atoms with Gasteiger partial charge in [0, 0.05) is 17.5 Å². The van der Waals surface area contributed by atoms with E-state index in [4.69, 9.17) is 16.3 Å². The Hall–Kier alpha value is -3.11. The van der Waals surface area contributed by atoms with Gasteiger partial charge in [0.1, 0.15) is 16.6 Å². The molecule has 3 aromatic rings. The standard InChI is InChI=1S/C21H17ClFN5O3S/c1-9-25-14-7-24-8-15(18(14)27(9)2)28-20(29)19-13(26-21(28)30)6-17(32-19)10-4-16(31-3)12(23)5-11(10)22/h4-8,13,19H,1-3H3,(H,26,30). The average Bonchev–Trinajstić information content (AvgIpc) is 3.29. The highest BCUT2D eigenvalue weighted by molar-refractivity contribution is 8.09. The van der Waals surface area contributed by atoms with Gasteiger partial charge in [0.15, 0.2) is 11.6 Å². The maximum atomic E-state index is 14.0. The molecule has 2 atom stereocenters. The lowest BCUT2D eigenvalue weighted by molar-refractivity contribution is -0.118. The molecule has 4 heterocycles. The van der Waals surface area contributed by atoms with Gasteiger partial charge in [0.2, 0.25) is 0 Å². The smallest absolute Gasteiger partial charge is 0.329 e. The molecule has 2 aliphatic heterocycles. The Labute approximate surface area is 191 Å². The molecule has 0 saturated carbocycles. The minimum atomic E-state index is -0.612. The number of hydrogen-bond donors (Lipinski definition) is 1. The molecule has 32 heavy (non-hydrogen) atoms. The minimum absolute atomic E-state index is 0.0436. The van der Waals surface area contributed by atoms with Crippen molar-refractivity contribution in [1.29, 1.82) is 0 Å². The van der Waals surface area contributed by atoms with E-state index in [1.807, 2.05) is 18.5 Å². The van der Waals surface area contributed by atoms with Crippen molar-refractivity contribution in [2.24, 2.45) is 7.05 Å². The van der Waals surface area contributed by atoms with Gasteiger partial charge in [0.25, 0.3) is 5.91 Å². The zero-order valence-electron chi connectivity index (χ0n) is 17.2. The number of urea groups is 1. The predicted molar refractivity (Wildman–Crippen MR) is 120 cm³/mol. The number of pyridine rings is 1. The summed E-state index contributed by atoms with van der Waals surface area (Å²) in [5.74, 6) is -0.184. The highest BCUT2D eigenvalue weighted by Gasteiger charge is 2.46. The molecular formula is C21H17ClFN5O3S. The molecule has 11 heteroatoms. The van der Waals surface area contributed by atoms with E-state index >= 15 is 0 Å². The number of methoxy groups -OCH3 is 1. The van der Waals surface area contributed by atoms with Gasteiger partial charge in [-0.05, 0) is 25.1 Å². The second-order valence-electron chi connectivity index (χ2n) is 7.43. The number of thioether (sulfide) groups is 1. The van der Waals surface area contributed by atoms with E-state index in [1.54, 1.807) is 12.3 Å². The summed E-state index contributed by atoms with van der Waals surface area (Å²) in [5.41, 5.74) is 2.13. The zero-order valence-corrected chi connectivity index (χ0v) is 18.8. The number of aryl methyl sites for hydroxylation is 2. The van der Waals surface area contributed by atoms with Crippen LogP contribution in [0.2, 0.25) is 5.02 Å². The number of aromatic nitrogens is 3. The van der Waals surface area contributed by atoms with E-state index < -0.39 is 23.1 Å². The van der Waals surface area contributed by atoms with E-state index in [9.17, 15) is 14.0 Å². The lowest BCUT2D eigenvalue weighted by atomic mass is 10.1. The summed E-state index contributed by atoms with van der Waals surface area (Å²) in [6.45, 7) is 1.83. The number of anilines is 1. The van der Waals surface area contributed by atoms with E-state index in [0.29, 0.717) is 27.2 Å². The first-order chi connectivity index (χ1) is 15.3. The number of imidazole rings is 1. The monoisotopic (exact) mass is 473 g/mol. The van der Waals surface area contributed by atoms with Gasteiger partial charge in [0.05, 0.1) is 41.8 Å². The van der Waals surface area contributed by atoms with Gasteiger partial charge < -0.3 is 14.6 Å². The van der Waals surface area contributed by atoms with Crippen molar-refractivity contribution < 1.29 is 18.7 Å². The van der Waals surface area contributed by atoms with Crippen LogP contribution in [-0.4, -0.2) is 44.9 Å². The third-order valence-electron chi connectivity index (χ3n) is 5.60. The van der Waals surface area contributed by atoms with Gasteiger partial charge in [-0.15, -0.1) is 11.8 Å². The van der Waals surface area contributed by atoms with Crippen LogP contribution in [0.3, 0.4) is 0 Å². The number of carbonyl (C=O) groups is 2. The molecule has 1 saturated heterocycles. The third-order valence-corrected chi connectivity index (χ3v) is 7.27. The minimum Gasteiger partial charge on any atom is -0.494 e. The molecule has 0 radical (unpaired) electrons. The van der Waals surface area contributed by atoms with Crippen LogP contribution in [-0.2, 0) is 11.8 Å². The molecule has 0 bridgehead atoms. The molecule has 2 unspecified atom stereocenters. The fourth-order valence-corrected chi connectivity index (χ4v) is 5.55. The molecule has 0 aliphatic carbocycles. The second kappa shape index (κ2) is 7.49. The molecule has 2 aliphatic rings. The topological polar surface area (TPSA) is 89.3 Å². The fraction of sp³-hybridized carbons (Fsp3) is 0.238. The Morgan fingerprint density at radius 3 is 2.81 bits per heavy atom. The molecule has 3 amide bonds. The number of carbonyl (C=O) groups excluding carboxylic acids is 2. The number of rotatable bonds is 3. The van der Waals surface area contributed by atoms with E-state index in [2.05, 4.69) is 15.3 Å². The first-order valence-electron chi connectivity index (χ1n) is 9.63. The maximum absolute atomic E-state index is 14.0. The second-order valence-corrected chi connectivity index (χ2v) is 9.02. The first kappa shape index (κ1) is 20.8. The van der Waals surface area contributed by atoms with Crippen molar-refractivity contribution in [3.05, 3.63) is 52.8 Å². The highest BCUT2D eigenvalue weighted by atomic mass is 35.5. The van der Waals surface area contributed by atoms with Crippen LogP contribution < -0.4 is 15.0 Å². The molecule has 1 aromatic carbocycles. The lowest BCUT2D eigenvalue weighted by Gasteiger charge is -2.33. The van der Waals surface area contributed by atoms with Crippen molar-refractivity contribution in [2.45, 2.75) is 18.2 Å². The number of nitrogens with one attached hydrogen (secondary N) is 1. The number of ether oxygens (including phenoxy) is 1. The normalized spacial score (nSPS) is 20.4. The number of imide groups is 1. The summed E-state index contributed by atoms with van der Waals surface area (Å²) in [6, 6.07) is 1.58. The van der Waals surface area contributed by atoms with Crippen molar-refractivity contribution in [1.82, 2.24) is 19.9 Å². The van der Waals surface area contributed by atoms with E-state index in [1.165, 1.54) is 37.2 Å². The summed E-state index contributed by atoms with van der Waals surface area (Å²) in [6.07, 6.45) is 4.83. The first-order valence-corrected chi connectivity index (χ1v) is 10.9. The van der Waals surface area contributed by atoms with Gasteiger partial charge >= 0.3 is 6.03 Å². The molecule has 5 rings (SSSR count). The van der Waals surface area contributed by atoms with Crippen molar-refractivity contribution in [3.8, 4) is 5.75 Å². The number of hydrogen-bond acceptors (Lipinski definition) is 6. The Balaban J connectivity index is 1.52. The molecule has 2 aromatic heterocycles. The average molecular weight is 474 g/mol. The summed E-state index contributed by atoms with van der Waals surface area (Å²) in [5, 5.41) is 2.45. The van der Waals surface area contributed by atoms with Gasteiger partial charge in [-0.25, -0.2) is 19.1 Å². The van der Waals surface area contributed by atoms with Crippen LogP contribution in [0.1, 0.15) is 11.4 Å². The summed E-state index contributed by atoms with van der Waals surface area (Å²) in [4.78, 5) is 36.8. The molecule has 1 fully saturated rings. The summed E-state index contributed by atoms with van der Waals surface area (Å²) >= 11 is 7.52. The van der Waals surface area contributed by atoms with Crippen molar-refractivity contribution >= 4 is 56.9 Å². The molecule has 164 valence electrons. The fourth-order valence-electron chi connectivity index (χ4n) is 3.94. The van der Waals surface area contributed by atoms with Crippen molar-refractivity contribution in [2.75, 3.05) is 12.0 Å². The van der Waals surface area contributed by atoms with Gasteiger partial charge in [-0.2, -0.15) is 0 Å². The molecule has 0 spiro atoms. The quantitative estimate of drug-likeness (QED) is 0.624. The number of benzene rings is 1. The SMILES string of the molecule is COc1cc(C2=CC3NC(=O)N(c4cncc5nc(C)n(C)c45)C(=O)C3S2)c(Cl)cc1F. The Morgan fingerprint density at radius 2 is 2.06 bits per heavy atom. The Bertz CT molecular complexity index is 1340. The number of halogens is 2. The number of fused-ring (bicyclic) bond motifs is 2. The van der Waals surface area contributed by atoms with Gasteiger partial charge in [-0.1, -0.05) is 11.6 Å². The van der Waals surface area contributed by atoms with Crippen LogP contribution in [0.25, 0.3) is 15.9 Å². The van der Waals surface area contributed by atoms with Crippen LogP contribution in [0.15, 0.2) is 30.6 Å². The summed E-state index contributed by atoms with van der Waals surface area (Å²) < 4.78 is 20.8. The predicted octanol–water partition coefficient (Wildman–Crippen LogP) is 3.66. The Morgan fingerprint density at radius 1 is 1.28 bits per heavy atom. The zero-order chi connectivity index (χ0) is 22.7. The molecular weight excluding hydrogens is 457 g/mol. The highest BCUT2D eigenvalue weighted by Crippen LogP contribution is 2.45. The van der Waals surface area contributed by atoms with Crippen LogP contribution >= 0.6 is 23.4 Å². The largest absolute Gasteiger partial charge is 0.494 e. The van der Waals surface area contributed by atoms with Crippen LogP contribution in [0.5, 0.6) is 5.75 Å².